The van der Waals surface area contributed by atoms with E-state index in [4.69, 9.17) is 0 Å². The molecule has 0 atom stereocenters. The molecule has 0 spiro atoms. The quantitative estimate of drug-likeness (QED) is 0.248. The number of hydrogen-bond acceptors (Lipinski definition) is 4. The van der Waals surface area contributed by atoms with Gasteiger partial charge in [-0.15, -0.1) is 0 Å². The van der Waals surface area contributed by atoms with Gasteiger partial charge in [-0.05, 0) is 0 Å². The minimum atomic E-state index is -3.72. The average molecular weight is 392 g/mol. The summed E-state index contributed by atoms with van der Waals surface area (Å²) in [6, 6.07) is 0. The van der Waals surface area contributed by atoms with Crippen molar-refractivity contribution in [1.82, 2.24) is 0 Å². The monoisotopic (exact) mass is 394 g/mol. The van der Waals surface area contributed by atoms with Crippen molar-refractivity contribution < 1.29 is 29.6 Å². The van der Waals surface area contributed by atoms with Crippen LogP contribution in [0, 0.1) is 0 Å². The Bertz CT molecular complexity index is 182. The standard InChI is InChI=1S/C12H25.Mo.H3O2PS2/c1-3-5-7-9-11-12-10-8-6-4-2;;1-3(2,4)5/h1,3-12H2,2H3;;(H3,1,2,4,5)/q;+3;/p-3. The third kappa shape index (κ3) is 36.0. The van der Waals surface area contributed by atoms with Crippen molar-refractivity contribution >= 4 is 29.7 Å². The van der Waals surface area contributed by atoms with Crippen LogP contribution in [0.2, 0.25) is 4.81 Å². The largest absolute Gasteiger partial charge is 0.850 e. The molecule has 0 aromatic heterocycles. The second-order valence-corrected chi connectivity index (χ2v) is 9.81. The van der Waals surface area contributed by atoms with Crippen LogP contribution in [0.25, 0.3) is 0 Å². The summed E-state index contributed by atoms with van der Waals surface area (Å²) in [4.78, 5) is 20.0. The van der Waals surface area contributed by atoms with Gasteiger partial charge in [-0.3, -0.25) is 0 Å². The Kier molecular flexibility index (Phi) is 20.3. The van der Waals surface area contributed by atoms with Crippen LogP contribution < -0.4 is 9.79 Å². The predicted molar refractivity (Wildman–Crippen MR) is 78.3 cm³/mol. The van der Waals surface area contributed by atoms with Crippen LogP contribution >= 0.6 is 5.69 Å². The fourth-order valence-corrected chi connectivity index (χ4v) is 2.09. The zero-order valence-electron chi connectivity index (χ0n) is 11.3. The zero-order valence-corrected chi connectivity index (χ0v) is 15.8. The molecule has 0 radical (unpaired) electrons. The van der Waals surface area contributed by atoms with Gasteiger partial charge in [-0.2, -0.15) is 11.8 Å². The predicted octanol–water partition coefficient (Wildman–Crippen LogP) is 3.35. The smallest absolute Gasteiger partial charge is 0.160 e. The first-order valence-electron chi connectivity index (χ1n) is 6.73. The molecule has 0 fully saturated rings. The van der Waals surface area contributed by atoms with E-state index in [9.17, 15) is 9.79 Å². The summed E-state index contributed by atoms with van der Waals surface area (Å²) < 4.78 is 0. The van der Waals surface area contributed by atoms with Gasteiger partial charge >= 0.3 is 95.8 Å². The van der Waals surface area contributed by atoms with E-state index in [1.165, 1.54) is 69.0 Å². The Labute approximate surface area is 135 Å². The molecule has 0 amide bonds. The van der Waals surface area contributed by atoms with Gasteiger partial charge in [0.25, 0.3) is 0 Å². The van der Waals surface area contributed by atoms with Crippen LogP contribution in [0.5, 0.6) is 0 Å². The maximum Gasteiger partial charge on any atom is -0.160 e. The maximum absolute atomic E-state index is 9.29. The molecule has 0 aliphatic heterocycles. The summed E-state index contributed by atoms with van der Waals surface area (Å²) in [5, 5.41) is 0. The molecule has 2 nitrogen and oxygen atoms in total. The van der Waals surface area contributed by atoms with Crippen molar-refractivity contribution in [1.29, 1.82) is 0 Å². The van der Waals surface area contributed by atoms with Crippen LogP contribution in [0.1, 0.15) is 71.1 Å². The van der Waals surface area contributed by atoms with E-state index in [1.807, 2.05) is 0 Å². The maximum atomic E-state index is 9.29. The van der Waals surface area contributed by atoms with Crippen LogP contribution in [0.4, 0.5) is 0 Å². The normalized spacial score (nSPS) is 10.8. The van der Waals surface area contributed by atoms with Gasteiger partial charge in [0.05, 0.1) is 0 Å². The molecule has 0 unspecified atom stereocenters. The molecule has 0 rings (SSSR count). The van der Waals surface area contributed by atoms with Crippen molar-refractivity contribution in [2.75, 3.05) is 0 Å². The van der Waals surface area contributed by atoms with E-state index in [0.29, 0.717) is 0 Å². The number of unbranched alkanes of at least 4 members (excludes halogenated alkanes) is 9. The van der Waals surface area contributed by atoms with Crippen LogP contribution in [0.3, 0.4) is 0 Å². The van der Waals surface area contributed by atoms with E-state index in [2.05, 4.69) is 50.8 Å². The van der Waals surface area contributed by atoms with Crippen molar-refractivity contribution in [2.24, 2.45) is 0 Å². The van der Waals surface area contributed by atoms with Gasteiger partial charge in [0.1, 0.15) is 0 Å². The van der Waals surface area contributed by atoms with Crippen molar-refractivity contribution in [2.45, 2.75) is 75.9 Å². The topological polar surface area (TPSA) is 46.1 Å². The molecule has 0 N–H and O–H groups in total. The number of hydrogen-bond donors (Lipinski definition) is 0. The first-order valence-corrected chi connectivity index (χ1v) is 11.8. The van der Waals surface area contributed by atoms with Crippen molar-refractivity contribution in [3.63, 3.8) is 0 Å². The van der Waals surface area contributed by atoms with Crippen LogP contribution in [-0.4, -0.2) is 0 Å². The SMILES string of the molecule is CCCCCCCCCCC[CH2][Mo+3].[O-]P([O-])(=S)[S-]. The fourth-order valence-electron chi connectivity index (χ4n) is 1.59. The molecular weight excluding hydrogens is 367 g/mol. The van der Waals surface area contributed by atoms with E-state index in [0.717, 1.165) is 0 Å². The molecule has 0 aliphatic carbocycles. The molecule has 0 aromatic rings. The first kappa shape index (κ1) is 21.9. The molecule has 0 aromatic carbocycles. The van der Waals surface area contributed by atoms with Gasteiger partial charge in [0.2, 0.25) is 0 Å². The minimum absolute atomic E-state index is 1.37. The summed E-state index contributed by atoms with van der Waals surface area (Å²) in [6.45, 7) is 2.28. The molecule has 18 heavy (non-hydrogen) atoms. The minimum Gasteiger partial charge on any atom is -0.850 e. The van der Waals surface area contributed by atoms with Crippen LogP contribution in [0.15, 0.2) is 0 Å². The van der Waals surface area contributed by atoms with Gasteiger partial charge in [-0.1, -0.05) is 0 Å². The van der Waals surface area contributed by atoms with E-state index in [1.54, 1.807) is 0 Å². The Morgan fingerprint density at radius 1 is 0.889 bits per heavy atom. The first-order chi connectivity index (χ1) is 8.41. The second-order valence-electron chi connectivity index (χ2n) is 4.33. The third-order valence-electron chi connectivity index (χ3n) is 2.50. The molecule has 108 valence electrons. The van der Waals surface area contributed by atoms with E-state index >= 15 is 0 Å². The Morgan fingerprint density at radius 2 is 1.17 bits per heavy atom. The van der Waals surface area contributed by atoms with Crippen molar-refractivity contribution in [3.05, 3.63) is 0 Å². The van der Waals surface area contributed by atoms with Gasteiger partial charge in [0, 0.05) is 0 Å². The van der Waals surface area contributed by atoms with Crippen molar-refractivity contribution in [3.8, 4) is 0 Å². The second kappa shape index (κ2) is 16.7. The summed E-state index contributed by atoms with van der Waals surface area (Å²) in [5.74, 6) is 0. The Morgan fingerprint density at radius 3 is 1.44 bits per heavy atom. The average Bonchev–Trinajstić information content (AvgIpc) is 2.25. The zero-order chi connectivity index (χ0) is 14.3. The van der Waals surface area contributed by atoms with Gasteiger partial charge < -0.3 is 27.7 Å². The Balaban J connectivity index is 0. The Hall–Kier alpha value is 1.61. The molecule has 6 heteroatoms. The molecule has 0 aliphatic rings. The molecule has 0 heterocycles. The summed E-state index contributed by atoms with van der Waals surface area (Å²) >= 11 is 9.50. The third-order valence-corrected chi connectivity index (χ3v) is 3.21. The molecule has 0 saturated carbocycles. The van der Waals surface area contributed by atoms with Gasteiger partial charge in [-0.25, -0.2) is 0 Å². The number of rotatable bonds is 10. The summed E-state index contributed by atoms with van der Waals surface area (Å²) in [7, 11) is 0. The summed E-state index contributed by atoms with van der Waals surface area (Å²) in [6.07, 6.45) is 14.6. The van der Waals surface area contributed by atoms with E-state index < -0.39 is 5.69 Å². The van der Waals surface area contributed by atoms with E-state index in [-0.39, 0.29) is 0 Å². The molecule has 0 saturated heterocycles. The van der Waals surface area contributed by atoms with Gasteiger partial charge in [0.15, 0.2) is 0 Å². The summed E-state index contributed by atoms with van der Waals surface area (Å²) in [5.41, 5.74) is -3.72. The van der Waals surface area contributed by atoms with Crippen LogP contribution in [-0.2, 0) is 43.9 Å². The fraction of sp³-hybridized carbons (Fsp3) is 1.00. The molecular formula is C12H25MoO2PS2. The molecule has 0 bridgehead atoms.